The summed E-state index contributed by atoms with van der Waals surface area (Å²) in [5, 5.41) is 4.40. The van der Waals surface area contributed by atoms with Gasteiger partial charge in [-0.1, -0.05) is 12.1 Å². The fraction of sp³-hybridized carbons (Fsp3) is 0.333. The maximum absolute atomic E-state index is 13.3. The summed E-state index contributed by atoms with van der Waals surface area (Å²) in [5.74, 6) is 0.110. The largest absolute Gasteiger partial charge is 0.346 e. The van der Waals surface area contributed by atoms with Gasteiger partial charge in [0.1, 0.15) is 5.82 Å². The molecular weight excluding hydrogens is 407 g/mol. The second kappa shape index (κ2) is 7.81. The molecule has 0 bridgehead atoms. The molecule has 158 valence electrons. The summed E-state index contributed by atoms with van der Waals surface area (Å²) in [6.07, 6.45) is 1.78. The molecule has 30 heavy (non-hydrogen) atoms. The molecule has 1 aliphatic rings. The summed E-state index contributed by atoms with van der Waals surface area (Å²) in [6.45, 7) is 3.70. The first-order valence-electron chi connectivity index (χ1n) is 9.78. The third-order valence-electron chi connectivity index (χ3n) is 5.13. The van der Waals surface area contributed by atoms with E-state index in [4.69, 9.17) is 0 Å². The van der Waals surface area contributed by atoms with Crippen molar-refractivity contribution in [2.24, 2.45) is 0 Å². The summed E-state index contributed by atoms with van der Waals surface area (Å²) >= 11 is 0. The van der Waals surface area contributed by atoms with Gasteiger partial charge in [-0.25, -0.2) is 27.0 Å². The van der Waals surface area contributed by atoms with Crippen molar-refractivity contribution in [3.63, 3.8) is 0 Å². The summed E-state index contributed by atoms with van der Waals surface area (Å²) in [7, 11) is -3.70. The number of benzene rings is 2. The lowest BCUT2D eigenvalue weighted by molar-refractivity contribution is 0.546. The summed E-state index contributed by atoms with van der Waals surface area (Å²) in [5.41, 5.74) is 1.86. The third-order valence-corrected chi connectivity index (χ3v) is 6.74. The van der Waals surface area contributed by atoms with Gasteiger partial charge in [-0.15, -0.1) is 5.10 Å². The fourth-order valence-corrected chi connectivity index (χ4v) is 4.73. The van der Waals surface area contributed by atoms with E-state index in [2.05, 4.69) is 9.82 Å². The molecule has 1 saturated carbocycles. The van der Waals surface area contributed by atoms with E-state index < -0.39 is 10.0 Å². The minimum absolute atomic E-state index is 0.0279. The molecule has 3 aromatic rings. The molecule has 0 aliphatic heterocycles. The van der Waals surface area contributed by atoms with Crippen LogP contribution in [-0.2, 0) is 16.6 Å². The maximum Gasteiger partial charge on any atom is 0.346 e. The molecule has 1 N–H and O–H groups in total. The van der Waals surface area contributed by atoms with Gasteiger partial charge in [-0.3, -0.25) is 4.57 Å². The molecule has 0 saturated heterocycles. The maximum atomic E-state index is 13.3. The molecule has 9 heteroatoms. The average molecular weight is 431 g/mol. The highest BCUT2D eigenvalue weighted by atomic mass is 32.2. The van der Waals surface area contributed by atoms with Crippen LogP contribution >= 0.6 is 0 Å². The number of aryl methyl sites for hydroxylation is 2. The Labute approximate surface area is 174 Å². The van der Waals surface area contributed by atoms with Crippen LogP contribution in [0.3, 0.4) is 0 Å². The van der Waals surface area contributed by atoms with Crippen molar-refractivity contribution < 1.29 is 12.8 Å². The quantitative estimate of drug-likeness (QED) is 0.625. The number of sulfonamides is 1. The molecular formula is C21H23FN4O3S. The van der Waals surface area contributed by atoms with E-state index in [1.807, 2.05) is 13.0 Å². The van der Waals surface area contributed by atoms with Crippen molar-refractivity contribution in [3.8, 4) is 11.4 Å². The van der Waals surface area contributed by atoms with E-state index in [1.54, 1.807) is 35.8 Å². The Morgan fingerprint density at radius 1 is 1.13 bits per heavy atom. The van der Waals surface area contributed by atoms with E-state index >= 15 is 0 Å². The number of hydrogen-bond donors (Lipinski definition) is 1. The van der Waals surface area contributed by atoms with Gasteiger partial charge < -0.3 is 0 Å². The lowest BCUT2D eigenvalue weighted by Gasteiger charge is -2.10. The van der Waals surface area contributed by atoms with Gasteiger partial charge >= 0.3 is 5.69 Å². The lowest BCUT2D eigenvalue weighted by atomic mass is 10.2. The van der Waals surface area contributed by atoms with Crippen molar-refractivity contribution in [2.45, 2.75) is 44.2 Å². The molecule has 1 aromatic heterocycles. The molecule has 0 radical (unpaired) electrons. The first-order chi connectivity index (χ1) is 14.3. The van der Waals surface area contributed by atoms with Crippen molar-refractivity contribution in [3.05, 3.63) is 69.9 Å². The van der Waals surface area contributed by atoms with Gasteiger partial charge in [0.2, 0.25) is 10.0 Å². The van der Waals surface area contributed by atoms with Gasteiger partial charge in [0.25, 0.3) is 0 Å². The third kappa shape index (κ3) is 4.08. The monoisotopic (exact) mass is 430 g/mol. The standard InChI is InChI=1S/C21H23FN4O3S/c1-14-3-4-15(2)19(13-14)30(28,29)23-11-12-25-21(27)26(18-9-10-18)20(24-25)16-5-7-17(22)8-6-16/h3-8,13,18,23H,9-12H2,1-2H3. The van der Waals surface area contributed by atoms with Crippen LogP contribution in [0.1, 0.15) is 30.0 Å². The average Bonchev–Trinajstić information content (AvgIpc) is 3.48. The number of nitrogens with one attached hydrogen (secondary N) is 1. The van der Waals surface area contributed by atoms with Gasteiger partial charge in [0.05, 0.1) is 11.4 Å². The predicted molar refractivity (Wildman–Crippen MR) is 111 cm³/mol. The Morgan fingerprint density at radius 3 is 2.50 bits per heavy atom. The Morgan fingerprint density at radius 2 is 1.83 bits per heavy atom. The minimum atomic E-state index is -3.70. The molecule has 1 aliphatic carbocycles. The number of nitrogens with zero attached hydrogens (tertiary/aromatic N) is 3. The molecule has 7 nitrogen and oxygen atoms in total. The smallest absolute Gasteiger partial charge is 0.272 e. The molecule has 0 atom stereocenters. The Balaban J connectivity index is 1.55. The second-order valence-electron chi connectivity index (χ2n) is 7.60. The SMILES string of the molecule is Cc1ccc(C)c(S(=O)(=O)NCCn2nc(-c3ccc(F)cc3)n(C3CC3)c2=O)c1. The van der Waals surface area contributed by atoms with Crippen LogP contribution in [0.5, 0.6) is 0 Å². The van der Waals surface area contributed by atoms with Gasteiger partial charge in [-0.2, -0.15) is 0 Å². The molecule has 2 aromatic carbocycles. The highest BCUT2D eigenvalue weighted by molar-refractivity contribution is 7.89. The van der Waals surface area contributed by atoms with Crippen LogP contribution in [0.4, 0.5) is 4.39 Å². The molecule has 0 amide bonds. The zero-order chi connectivity index (χ0) is 21.5. The van der Waals surface area contributed by atoms with Crippen LogP contribution in [0.2, 0.25) is 0 Å². The van der Waals surface area contributed by atoms with E-state index in [9.17, 15) is 17.6 Å². The van der Waals surface area contributed by atoms with Crippen LogP contribution < -0.4 is 10.4 Å². The van der Waals surface area contributed by atoms with Crippen LogP contribution in [0.15, 0.2) is 52.2 Å². The van der Waals surface area contributed by atoms with Crippen molar-refractivity contribution in [1.29, 1.82) is 0 Å². The van der Waals surface area contributed by atoms with Crippen molar-refractivity contribution in [2.75, 3.05) is 6.54 Å². The zero-order valence-electron chi connectivity index (χ0n) is 16.8. The summed E-state index contributed by atoms with van der Waals surface area (Å²) in [4.78, 5) is 13.1. The summed E-state index contributed by atoms with van der Waals surface area (Å²) in [6, 6.07) is 11.2. The highest BCUT2D eigenvalue weighted by Gasteiger charge is 2.30. The van der Waals surface area contributed by atoms with E-state index in [-0.39, 0.29) is 35.5 Å². The predicted octanol–water partition coefficient (Wildman–Crippen LogP) is 2.78. The van der Waals surface area contributed by atoms with Crippen molar-refractivity contribution in [1.82, 2.24) is 19.1 Å². The lowest BCUT2D eigenvalue weighted by Crippen LogP contribution is -2.32. The fourth-order valence-electron chi connectivity index (χ4n) is 3.38. The van der Waals surface area contributed by atoms with Gasteiger partial charge in [-0.05, 0) is 68.1 Å². The van der Waals surface area contributed by atoms with E-state index in [0.29, 0.717) is 17.0 Å². The topological polar surface area (TPSA) is 86.0 Å². The van der Waals surface area contributed by atoms with E-state index in [1.165, 1.54) is 16.8 Å². The molecule has 4 rings (SSSR count). The Kier molecular flexibility index (Phi) is 5.33. The molecule has 1 heterocycles. The van der Waals surface area contributed by atoms with Gasteiger partial charge in [0.15, 0.2) is 5.82 Å². The zero-order valence-corrected chi connectivity index (χ0v) is 17.6. The Hall–Kier alpha value is -2.78. The highest BCUT2D eigenvalue weighted by Crippen LogP contribution is 2.36. The summed E-state index contributed by atoms with van der Waals surface area (Å²) < 4.78 is 44.0. The molecule has 0 spiro atoms. The molecule has 1 fully saturated rings. The number of hydrogen-bond acceptors (Lipinski definition) is 4. The molecule has 0 unspecified atom stereocenters. The minimum Gasteiger partial charge on any atom is -0.272 e. The number of halogens is 1. The van der Waals surface area contributed by atoms with Crippen LogP contribution in [0, 0.1) is 19.7 Å². The van der Waals surface area contributed by atoms with Crippen molar-refractivity contribution >= 4 is 10.0 Å². The number of aromatic nitrogens is 3. The Bertz CT molecular complexity index is 1240. The normalized spacial score (nSPS) is 14.2. The number of rotatable bonds is 7. The first-order valence-corrected chi connectivity index (χ1v) is 11.3. The van der Waals surface area contributed by atoms with E-state index in [0.717, 1.165) is 18.4 Å². The first kappa shape index (κ1) is 20.5. The van der Waals surface area contributed by atoms with Crippen LogP contribution in [0.25, 0.3) is 11.4 Å². The second-order valence-corrected chi connectivity index (χ2v) is 9.34. The van der Waals surface area contributed by atoms with Gasteiger partial charge in [0, 0.05) is 18.2 Å². The van der Waals surface area contributed by atoms with Crippen LogP contribution in [-0.4, -0.2) is 29.3 Å².